The van der Waals surface area contributed by atoms with Gasteiger partial charge in [0.05, 0.1) is 45.8 Å². The van der Waals surface area contributed by atoms with E-state index in [1.807, 2.05) is 10.9 Å². The van der Waals surface area contributed by atoms with Crippen molar-refractivity contribution in [3.05, 3.63) is 105 Å². The first-order valence-electron chi connectivity index (χ1n) is 13.3. The van der Waals surface area contributed by atoms with E-state index in [2.05, 4.69) is 37.3 Å². The van der Waals surface area contributed by atoms with Gasteiger partial charge in [-0.05, 0) is 74.0 Å². The summed E-state index contributed by atoms with van der Waals surface area (Å²) in [5, 5.41) is 29.7. The third-order valence-corrected chi connectivity index (χ3v) is 7.76. The highest BCUT2D eigenvalue weighted by Gasteiger charge is 2.24. The molecule has 0 saturated carbocycles. The number of anilines is 3. The van der Waals surface area contributed by atoms with Crippen molar-refractivity contribution in [2.24, 2.45) is 0 Å². The summed E-state index contributed by atoms with van der Waals surface area (Å²) in [6.45, 7) is 1.82. The molecule has 0 unspecified atom stereocenters. The van der Waals surface area contributed by atoms with Gasteiger partial charge >= 0.3 is 0 Å². The molecule has 3 heterocycles. The number of piperidine rings is 1. The molecule has 0 radical (unpaired) electrons. The van der Waals surface area contributed by atoms with Gasteiger partial charge < -0.3 is 16.0 Å². The van der Waals surface area contributed by atoms with Crippen LogP contribution in [-0.2, 0) is 0 Å². The number of aromatic nitrogens is 4. The van der Waals surface area contributed by atoms with Crippen molar-refractivity contribution >= 4 is 51.2 Å². The summed E-state index contributed by atoms with van der Waals surface area (Å²) in [5.41, 5.74) is 3.66. The van der Waals surface area contributed by atoms with Gasteiger partial charge in [-0.25, -0.2) is 13.5 Å². The van der Waals surface area contributed by atoms with E-state index in [1.54, 1.807) is 24.3 Å². The lowest BCUT2D eigenvalue weighted by molar-refractivity contribution is 0.337. The largest absolute Gasteiger partial charge is 0.371 e. The Balaban J connectivity index is 1.43. The second-order valence-corrected chi connectivity index (χ2v) is 10.8. The molecule has 1 fully saturated rings. The van der Waals surface area contributed by atoms with Crippen LogP contribution < -0.4 is 16.0 Å². The zero-order chi connectivity index (χ0) is 29.2. The van der Waals surface area contributed by atoms with E-state index in [1.165, 1.54) is 36.5 Å². The molecule has 1 atom stereocenters. The maximum absolute atomic E-state index is 13.9. The molecule has 1 saturated heterocycles. The summed E-state index contributed by atoms with van der Waals surface area (Å²) >= 11 is 12.6. The Morgan fingerprint density at radius 2 is 1.83 bits per heavy atom. The highest BCUT2D eigenvalue weighted by molar-refractivity contribution is 6.32. The zero-order valence-corrected chi connectivity index (χ0v) is 23.6. The van der Waals surface area contributed by atoms with Crippen LogP contribution in [0.25, 0.3) is 10.9 Å². The Bertz CT molecular complexity index is 1800. The predicted octanol–water partition coefficient (Wildman–Crippen LogP) is 7.15. The van der Waals surface area contributed by atoms with Crippen molar-refractivity contribution in [2.75, 3.05) is 23.7 Å². The van der Waals surface area contributed by atoms with Crippen molar-refractivity contribution in [1.82, 2.24) is 25.3 Å². The molecule has 1 aliphatic heterocycles. The molecule has 1 aliphatic rings. The minimum absolute atomic E-state index is 0.0584. The Kier molecular flexibility index (Phi) is 7.89. The van der Waals surface area contributed by atoms with Gasteiger partial charge in [-0.2, -0.15) is 5.26 Å². The second-order valence-electron chi connectivity index (χ2n) is 10.00. The molecule has 0 amide bonds. The Morgan fingerprint density at radius 3 is 2.57 bits per heavy atom. The number of hydrogen-bond donors (Lipinski definition) is 3. The topological polar surface area (TPSA) is 103 Å². The van der Waals surface area contributed by atoms with Crippen LogP contribution in [-0.4, -0.2) is 33.1 Å². The van der Waals surface area contributed by atoms with Crippen LogP contribution >= 0.6 is 23.2 Å². The molecular weight excluding hydrogens is 581 g/mol. The van der Waals surface area contributed by atoms with Gasteiger partial charge in [0.1, 0.15) is 23.4 Å². The van der Waals surface area contributed by atoms with Crippen LogP contribution in [0, 0.1) is 23.0 Å². The first-order chi connectivity index (χ1) is 20.4. The van der Waals surface area contributed by atoms with Gasteiger partial charge in [-0.3, -0.25) is 4.98 Å². The Labute approximate surface area is 250 Å². The highest BCUT2D eigenvalue weighted by Crippen LogP contribution is 2.38. The van der Waals surface area contributed by atoms with Crippen molar-refractivity contribution in [2.45, 2.75) is 24.9 Å². The SMILES string of the molecule is N#Cc1cnc2c(N[C@H](c3ccc(F)cc3)c3cn(C4CCNCC4)nn3)cc(Cl)cc2c1Nc1ccc(F)c(Cl)c1. The van der Waals surface area contributed by atoms with Crippen LogP contribution in [0.15, 0.2) is 67.0 Å². The predicted molar refractivity (Wildman–Crippen MR) is 159 cm³/mol. The number of fused-ring (bicyclic) bond motifs is 1. The van der Waals surface area contributed by atoms with E-state index in [0.717, 1.165) is 31.5 Å². The Morgan fingerprint density at radius 1 is 1.05 bits per heavy atom. The summed E-state index contributed by atoms with van der Waals surface area (Å²) in [5.74, 6) is -0.910. The molecule has 0 aliphatic carbocycles. The van der Waals surface area contributed by atoms with Gasteiger partial charge in [0, 0.05) is 22.3 Å². The fourth-order valence-corrected chi connectivity index (χ4v) is 5.53. The van der Waals surface area contributed by atoms with E-state index < -0.39 is 11.9 Å². The molecule has 3 N–H and O–H groups in total. The molecule has 2 aromatic heterocycles. The number of nitriles is 1. The molecule has 12 heteroatoms. The minimum atomic E-state index is -0.555. The molecular formula is C30H24Cl2F2N8. The van der Waals surface area contributed by atoms with Gasteiger partial charge in [0.2, 0.25) is 0 Å². The summed E-state index contributed by atoms with van der Waals surface area (Å²) in [6.07, 6.45) is 5.25. The van der Waals surface area contributed by atoms with Crippen LogP contribution in [0.5, 0.6) is 0 Å². The van der Waals surface area contributed by atoms with E-state index in [9.17, 15) is 14.0 Å². The third-order valence-electron chi connectivity index (χ3n) is 7.26. The number of benzene rings is 3. The van der Waals surface area contributed by atoms with Crippen LogP contribution in [0.2, 0.25) is 10.0 Å². The van der Waals surface area contributed by atoms with Crippen molar-refractivity contribution < 1.29 is 8.78 Å². The lowest BCUT2D eigenvalue weighted by Gasteiger charge is -2.23. The average Bonchev–Trinajstić information content (AvgIpc) is 3.49. The summed E-state index contributed by atoms with van der Waals surface area (Å²) < 4.78 is 29.6. The van der Waals surface area contributed by atoms with Crippen molar-refractivity contribution in [3.63, 3.8) is 0 Å². The number of nitrogens with zero attached hydrogens (tertiary/aromatic N) is 5. The Hall–Kier alpha value is -4.30. The molecule has 0 bridgehead atoms. The number of nitrogens with one attached hydrogen (secondary N) is 3. The fraction of sp³-hybridized carbons (Fsp3) is 0.200. The monoisotopic (exact) mass is 604 g/mol. The molecule has 212 valence electrons. The lowest BCUT2D eigenvalue weighted by Crippen LogP contribution is -2.29. The lowest BCUT2D eigenvalue weighted by atomic mass is 10.0. The quantitative estimate of drug-likeness (QED) is 0.181. The first-order valence-corrected chi connectivity index (χ1v) is 14.0. The second kappa shape index (κ2) is 11.9. The number of rotatable bonds is 7. The van der Waals surface area contributed by atoms with E-state index in [4.69, 9.17) is 23.2 Å². The molecule has 5 aromatic rings. The summed E-state index contributed by atoms with van der Waals surface area (Å²) in [4.78, 5) is 4.58. The first kappa shape index (κ1) is 27.8. The standard InChI is InChI=1S/C30H24Cl2F2N8/c31-19-11-23-28(38-21-5-6-25(34)24(32)13-21)18(14-35)15-37-30(23)26(12-19)39-29(17-1-3-20(33)4-2-17)27-16-42(41-40-27)22-7-9-36-10-8-22/h1-6,11-13,15-16,22,29,36,39H,7-10H2,(H,37,38)/t29-/m1/s1. The van der Waals surface area contributed by atoms with E-state index >= 15 is 0 Å². The molecule has 42 heavy (non-hydrogen) atoms. The van der Waals surface area contributed by atoms with Crippen LogP contribution in [0.1, 0.15) is 41.7 Å². The number of hydrogen-bond acceptors (Lipinski definition) is 7. The average molecular weight is 605 g/mol. The summed E-state index contributed by atoms with van der Waals surface area (Å²) in [6, 6.07) is 15.7. The van der Waals surface area contributed by atoms with Crippen molar-refractivity contribution in [1.29, 1.82) is 5.26 Å². The zero-order valence-electron chi connectivity index (χ0n) is 22.1. The minimum Gasteiger partial charge on any atom is -0.371 e. The van der Waals surface area contributed by atoms with E-state index in [0.29, 0.717) is 38.7 Å². The summed E-state index contributed by atoms with van der Waals surface area (Å²) in [7, 11) is 0. The molecule has 8 nitrogen and oxygen atoms in total. The van der Waals surface area contributed by atoms with E-state index in [-0.39, 0.29) is 22.4 Å². The molecule has 3 aromatic carbocycles. The number of pyridine rings is 1. The normalized spacial score (nSPS) is 14.5. The maximum atomic E-state index is 13.9. The third kappa shape index (κ3) is 5.72. The maximum Gasteiger partial charge on any atom is 0.141 e. The number of halogens is 4. The molecule has 0 spiro atoms. The van der Waals surface area contributed by atoms with Crippen molar-refractivity contribution in [3.8, 4) is 6.07 Å². The van der Waals surface area contributed by atoms with Crippen LogP contribution in [0.3, 0.4) is 0 Å². The van der Waals surface area contributed by atoms with Gasteiger partial charge in [-0.15, -0.1) is 5.10 Å². The highest BCUT2D eigenvalue weighted by atomic mass is 35.5. The van der Waals surface area contributed by atoms with Gasteiger partial charge in [-0.1, -0.05) is 40.5 Å². The fourth-order valence-electron chi connectivity index (χ4n) is 5.13. The van der Waals surface area contributed by atoms with Crippen LogP contribution in [0.4, 0.5) is 25.8 Å². The van der Waals surface area contributed by atoms with Gasteiger partial charge in [0.25, 0.3) is 0 Å². The smallest absolute Gasteiger partial charge is 0.141 e. The van der Waals surface area contributed by atoms with Gasteiger partial charge in [0.15, 0.2) is 0 Å². The molecule has 6 rings (SSSR count).